The first kappa shape index (κ1) is 12.6. The number of benzene rings is 1. The minimum atomic E-state index is -0.396. The third-order valence-corrected chi connectivity index (χ3v) is 2.36. The molecule has 0 bridgehead atoms. The molecule has 0 saturated carbocycles. The molecule has 1 heterocycles. The molecule has 0 aliphatic heterocycles. The molecule has 0 unspecified atom stereocenters. The highest BCUT2D eigenvalue weighted by molar-refractivity contribution is 5.88. The molecule has 5 N–H and O–H groups in total. The lowest BCUT2D eigenvalue weighted by atomic mass is 10.2. The fraction of sp³-hybridized carbons (Fsp3) is 0.0833. The van der Waals surface area contributed by atoms with Gasteiger partial charge in [0.15, 0.2) is 5.82 Å². The lowest BCUT2D eigenvalue weighted by molar-refractivity contribution is -0.114. The lowest BCUT2D eigenvalue weighted by Crippen LogP contribution is -2.14. The van der Waals surface area contributed by atoms with E-state index in [2.05, 4.69) is 20.6 Å². The van der Waals surface area contributed by atoms with Crippen molar-refractivity contribution < 1.29 is 4.79 Å². The van der Waals surface area contributed by atoms with Gasteiger partial charge >= 0.3 is 0 Å². The summed E-state index contributed by atoms with van der Waals surface area (Å²) in [6.45, 7) is 1.44. The largest absolute Gasteiger partial charge is 0.391 e. The van der Waals surface area contributed by atoms with E-state index in [1.807, 2.05) is 0 Å². The molecule has 0 radical (unpaired) electrons. The van der Waals surface area contributed by atoms with Crippen molar-refractivity contribution in [1.82, 2.24) is 9.97 Å². The minimum absolute atomic E-state index is 0.0217. The number of nitrogens with one attached hydrogen (secondary N) is 3. The first-order chi connectivity index (χ1) is 9.06. The Balaban J connectivity index is 2.17. The third-order valence-electron chi connectivity index (χ3n) is 2.36. The van der Waals surface area contributed by atoms with Crippen LogP contribution in [0.2, 0.25) is 0 Å². The maximum absolute atomic E-state index is 11.3. The number of nitrogen functional groups attached to an aromatic ring is 1. The van der Waals surface area contributed by atoms with Crippen LogP contribution in [0.3, 0.4) is 0 Å². The van der Waals surface area contributed by atoms with Gasteiger partial charge in [-0.3, -0.25) is 9.59 Å². The van der Waals surface area contributed by atoms with Crippen LogP contribution in [0.5, 0.6) is 0 Å². The van der Waals surface area contributed by atoms with Crippen molar-refractivity contribution in [3.05, 3.63) is 40.9 Å². The average Bonchev–Trinajstić information content (AvgIpc) is 2.37. The van der Waals surface area contributed by atoms with Crippen molar-refractivity contribution >= 4 is 28.8 Å². The molecular formula is C12H13N5O2. The number of rotatable bonds is 3. The fourth-order valence-electron chi connectivity index (χ4n) is 1.49. The van der Waals surface area contributed by atoms with Crippen molar-refractivity contribution in [2.45, 2.75) is 6.92 Å². The molecule has 98 valence electrons. The molecule has 2 rings (SSSR count). The van der Waals surface area contributed by atoms with Gasteiger partial charge in [0, 0.05) is 18.3 Å². The normalized spacial score (nSPS) is 9.95. The summed E-state index contributed by atoms with van der Waals surface area (Å²) in [5.74, 6) is 0.150. The third kappa shape index (κ3) is 3.09. The topological polar surface area (TPSA) is 113 Å². The Labute approximate surface area is 108 Å². The van der Waals surface area contributed by atoms with Crippen molar-refractivity contribution in [2.75, 3.05) is 16.4 Å². The molecule has 0 aliphatic carbocycles. The summed E-state index contributed by atoms with van der Waals surface area (Å²) in [6, 6.07) is 6.95. The number of nitrogens with two attached hydrogens (primary N) is 1. The second kappa shape index (κ2) is 5.21. The monoisotopic (exact) mass is 259 g/mol. The number of carbonyl (C=O) groups excluding carboxylic acids is 1. The maximum atomic E-state index is 11.3. The van der Waals surface area contributed by atoms with Gasteiger partial charge in [0.25, 0.3) is 5.56 Å². The summed E-state index contributed by atoms with van der Waals surface area (Å²) < 4.78 is 0. The molecule has 1 aromatic carbocycles. The lowest BCUT2D eigenvalue weighted by Gasteiger charge is -2.08. The summed E-state index contributed by atoms with van der Waals surface area (Å²) in [5.41, 5.74) is 6.62. The van der Waals surface area contributed by atoms with Gasteiger partial charge in [-0.2, -0.15) is 0 Å². The van der Waals surface area contributed by atoms with E-state index in [1.165, 1.54) is 13.3 Å². The average molecular weight is 259 g/mol. The SMILES string of the molecule is CC(=O)Nc1ccc(Nc2nc[nH]c(=O)c2N)cc1. The Bertz CT molecular complexity index is 648. The van der Waals surface area contributed by atoms with Crippen molar-refractivity contribution in [1.29, 1.82) is 0 Å². The van der Waals surface area contributed by atoms with E-state index in [1.54, 1.807) is 24.3 Å². The van der Waals surface area contributed by atoms with Crippen LogP contribution in [-0.2, 0) is 4.79 Å². The quantitative estimate of drug-likeness (QED) is 0.658. The van der Waals surface area contributed by atoms with Gasteiger partial charge in [-0.25, -0.2) is 4.98 Å². The van der Waals surface area contributed by atoms with E-state index < -0.39 is 5.56 Å². The van der Waals surface area contributed by atoms with E-state index in [9.17, 15) is 9.59 Å². The number of nitrogens with zero attached hydrogens (tertiary/aromatic N) is 1. The van der Waals surface area contributed by atoms with E-state index in [0.717, 1.165) is 0 Å². The summed E-state index contributed by atoms with van der Waals surface area (Å²) in [5, 5.41) is 5.58. The molecule has 7 heteroatoms. The summed E-state index contributed by atoms with van der Waals surface area (Å²) in [6.07, 6.45) is 1.27. The first-order valence-electron chi connectivity index (χ1n) is 5.54. The van der Waals surface area contributed by atoms with E-state index in [4.69, 9.17) is 5.73 Å². The zero-order valence-electron chi connectivity index (χ0n) is 10.2. The van der Waals surface area contributed by atoms with Gasteiger partial charge in [-0.15, -0.1) is 0 Å². The second-order valence-corrected chi connectivity index (χ2v) is 3.88. The van der Waals surface area contributed by atoms with E-state index in [-0.39, 0.29) is 17.4 Å². The molecular weight excluding hydrogens is 246 g/mol. The zero-order valence-corrected chi connectivity index (χ0v) is 10.2. The van der Waals surface area contributed by atoms with Crippen LogP contribution in [0, 0.1) is 0 Å². The molecule has 0 atom stereocenters. The van der Waals surface area contributed by atoms with Crippen LogP contribution in [-0.4, -0.2) is 15.9 Å². The Kier molecular flexibility index (Phi) is 3.46. The summed E-state index contributed by atoms with van der Waals surface area (Å²) in [4.78, 5) is 28.5. The fourth-order valence-corrected chi connectivity index (χ4v) is 1.49. The predicted octanol–water partition coefficient (Wildman–Crippen LogP) is 1.05. The van der Waals surface area contributed by atoms with E-state index in [0.29, 0.717) is 11.4 Å². The second-order valence-electron chi connectivity index (χ2n) is 3.88. The number of carbonyl (C=O) groups is 1. The van der Waals surface area contributed by atoms with Gasteiger partial charge in [-0.1, -0.05) is 0 Å². The van der Waals surface area contributed by atoms with Gasteiger partial charge < -0.3 is 21.4 Å². The number of hydrogen-bond donors (Lipinski definition) is 4. The molecule has 0 fully saturated rings. The number of amides is 1. The molecule has 19 heavy (non-hydrogen) atoms. The van der Waals surface area contributed by atoms with Crippen LogP contribution < -0.4 is 21.9 Å². The molecule has 0 spiro atoms. The van der Waals surface area contributed by atoms with Gasteiger partial charge in [0.1, 0.15) is 5.69 Å². The van der Waals surface area contributed by atoms with Gasteiger partial charge in [0.2, 0.25) is 5.91 Å². The standard InChI is InChI=1S/C12H13N5O2/c1-7(18)16-8-2-4-9(5-3-8)17-11-10(13)12(19)15-6-14-11/h2-6H,13H2,1H3,(H,16,18)(H2,14,15,17,19). The van der Waals surface area contributed by atoms with Crippen molar-refractivity contribution in [3.8, 4) is 0 Å². The smallest absolute Gasteiger partial charge is 0.276 e. The van der Waals surface area contributed by atoms with E-state index >= 15 is 0 Å². The van der Waals surface area contributed by atoms with Crippen molar-refractivity contribution in [2.24, 2.45) is 0 Å². The van der Waals surface area contributed by atoms with Crippen LogP contribution in [0.1, 0.15) is 6.92 Å². The number of H-pyrrole nitrogens is 1. The molecule has 1 amide bonds. The maximum Gasteiger partial charge on any atom is 0.276 e. The zero-order chi connectivity index (χ0) is 13.8. The van der Waals surface area contributed by atoms with Crippen LogP contribution in [0.4, 0.5) is 22.9 Å². The number of aromatic amines is 1. The first-order valence-corrected chi connectivity index (χ1v) is 5.54. The minimum Gasteiger partial charge on any atom is -0.391 e. The molecule has 7 nitrogen and oxygen atoms in total. The van der Waals surface area contributed by atoms with Crippen LogP contribution >= 0.6 is 0 Å². The molecule has 0 aliphatic rings. The Hall–Kier alpha value is -2.83. The Morgan fingerprint density at radius 3 is 2.53 bits per heavy atom. The highest BCUT2D eigenvalue weighted by atomic mass is 16.1. The molecule has 1 aromatic heterocycles. The molecule has 2 aromatic rings. The van der Waals surface area contributed by atoms with Crippen molar-refractivity contribution in [3.63, 3.8) is 0 Å². The highest BCUT2D eigenvalue weighted by Crippen LogP contribution is 2.19. The molecule has 0 saturated heterocycles. The summed E-state index contributed by atoms with van der Waals surface area (Å²) in [7, 11) is 0. The number of hydrogen-bond acceptors (Lipinski definition) is 5. The summed E-state index contributed by atoms with van der Waals surface area (Å²) >= 11 is 0. The number of anilines is 4. The van der Waals surface area contributed by atoms with Crippen LogP contribution in [0.25, 0.3) is 0 Å². The van der Waals surface area contributed by atoms with Gasteiger partial charge in [0.05, 0.1) is 6.33 Å². The Morgan fingerprint density at radius 2 is 1.89 bits per heavy atom. The van der Waals surface area contributed by atoms with Gasteiger partial charge in [-0.05, 0) is 24.3 Å². The Morgan fingerprint density at radius 1 is 1.26 bits per heavy atom. The number of aromatic nitrogens is 2. The van der Waals surface area contributed by atoms with Crippen LogP contribution in [0.15, 0.2) is 35.4 Å². The highest BCUT2D eigenvalue weighted by Gasteiger charge is 2.04. The predicted molar refractivity (Wildman–Crippen MR) is 73.3 cm³/mol.